The van der Waals surface area contributed by atoms with Gasteiger partial charge in [0.25, 0.3) is 0 Å². The quantitative estimate of drug-likeness (QED) is 0.766. The molecule has 0 fully saturated rings. The Kier molecular flexibility index (Phi) is 2.56. The number of nitrogen functional groups attached to an aromatic ring is 1. The van der Waals surface area contributed by atoms with E-state index >= 15 is 0 Å². The van der Waals surface area contributed by atoms with Crippen molar-refractivity contribution in [2.75, 3.05) is 5.73 Å². The molecule has 3 rings (SSSR count). The summed E-state index contributed by atoms with van der Waals surface area (Å²) in [4.78, 5) is 4.07. The van der Waals surface area contributed by atoms with Crippen LogP contribution in [-0.4, -0.2) is 14.7 Å². The van der Waals surface area contributed by atoms with Crippen LogP contribution in [-0.2, 0) is 0 Å². The third kappa shape index (κ3) is 1.87. The zero-order valence-corrected chi connectivity index (χ0v) is 10.2. The number of hydrogen-bond acceptors (Lipinski definition) is 4. The van der Waals surface area contributed by atoms with Gasteiger partial charge in [0.15, 0.2) is 0 Å². The first-order valence-corrected chi connectivity index (χ1v) is 5.67. The van der Waals surface area contributed by atoms with E-state index in [9.17, 15) is 4.39 Å². The van der Waals surface area contributed by atoms with Crippen LogP contribution in [0.2, 0.25) is 0 Å². The Bertz CT molecular complexity index is 732. The fourth-order valence-corrected chi connectivity index (χ4v) is 1.97. The molecular formula is C13H11FN4O. The average Bonchev–Trinajstić information content (AvgIpc) is 2.98. The van der Waals surface area contributed by atoms with E-state index in [-0.39, 0.29) is 11.7 Å². The lowest BCUT2D eigenvalue weighted by Crippen LogP contribution is -1.99. The normalized spacial score (nSPS) is 10.8. The van der Waals surface area contributed by atoms with E-state index in [1.807, 2.05) is 6.92 Å². The van der Waals surface area contributed by atoms with E-state index in [1.165, 1.54) is 12.3 Å². The van der Waals surface area contributed by atoms with Gasteiger partial charge in [-0.3, -0.25) is 0 Å². The minimum absolute atomic E-state index is 0.172. The predicted molar refractivity (Wildman–Crippen MR) is 68.2 cm³/mol. The molecule has 0 atom stereocenters. The molecule has 0 aliphatic carbocycles. The predicted octanol–water partition coefficient (Wildman–Crippen LogP) is 2.56. The van der Waals surface area contributed by atoms with Gasteiger partial charge in [0.05, 0.1) is 17.4 Å². The average molecular weight is 258 g/mol. The molecule has 1 aromatic carbocycles. The van der Waals surface area contributed by atoms with E-state index in [1.54, 1.807) is 29.1 Å². The van der Waals surface area contributed by atoms with Crippen molar-refractivity contribution in [3.63, 3.8) is 0 Å². The summed E-state index contributed by atoms with van der Waals surface area (Å²) in [5, 5.41) is 3.58. The summed E-state index contributed by atoms with van der Waals surface area (Å²) < 4.78 is 20.6. The lowest BCUT2D eigenvalue weighted by molar-refractivity contribution is 0.436. The molecule has 0 saturated carbocycles. The number of nitrogens with two attached hydrogens (primary N) is 1. The molecule has 19 heavy (non-hydrogen) atoms. The largest absolute Gasteiger partial charge is 0.367 e. The summed E-state index contributed by atoms with van der Waals surface area (Å²) in [6.07, 6.45) is 4.80. The number of benzene rings is 1. The summed E-state index contributed by atoms with van der Waals surface area (Å²) in [7, 11) is 0. The topological polar surface area (TPSA) is 69.9 Å². The summed E-state index contributed by atoms with van der Waals surface area (Å²) in [6, 6.07) is 4.84. The van der Waals surface area contributed by atoms with Crippen LogP contribution in [0.3, 0.4) is 0 Å². The number of imidazole rings is 1. The first kappa shape index (κ1) is 11.5. The monoisotopic (exact) mass is 258 g/mol. The molecule has 5 nitrogen and oxygen atoms in total. The molecule has 0 aliphatic heterocycles. The van der Waals surface area contributed by atoms with Crippen molar-refractivity contribution in [3.8, 4) is 16.8 Å². The Balaban J connectivity index is 2.09. The molecule has 2 heterocycles. The molecule has 0 unspecified atom stereocenters. The Labute approximate surface area is 108 Å². The van der Waals surface area contributed by atoms with Crippen molar-refractivity contribution in [2.24, 2.45) is 0 Å². The molecule has 0 amide bonds. The molecule has 96 valence electrons. The summed E-state index contributed by atoms with van der Waals surface area (Å²) in [5.41, 5.74) is 7.25. The highest BCUT2D eigenvalue weighted by molar-refractivity contribution is 5.72. The molecule has 2 N–H and O–H groups in total. The van der Waals surface area contributed by atoms with Crippen LogP contribution in [0.5, 0.6) is 0 Å². The van der Waals surface area contributed by atoms with Gasteiger partial charge in [-0.1, -0.05) is 11.2 Å². The molecule has 0 aliphatic rings. The number of anilines is 1. The maximum Gasteiger partial charge on any atom is 0.229 e. The molecule has 6 heteroatoms. The van der Waals surface area contributed by atoms with Crippen LogP contribution in [0.1, 0.15) is 5.82 Å². The van der Waals surface area contributed by atoms with Crippen LogP contribution < -0.4 is 5.73 Å². The van der Waals surface area contributed by atoms with Crippen molar-refractivity contribution in [1.82, 2.24) is 14.7 Å². The number of nitrogens with zero attached hydrogens (tertiary/aromatic N) is 3. The Morgan fingerprint density at radius 3 is 2.79 bits per heavy atom. The molecule has 0 spiro atoms. The lowest BCUT2D eigenvalue weighted by Gasteiger charge is -2.08. The molecular weight excluding hydrogens is 247 g/mol. The number of rotatable bonds is 2. The van der Waals surface area contributed by atoms with E-state index in [0.29, 0.717) is 16.8 Å². The van der Waals surface area contributed by atoms with Gasteiger partial charge in [-0.05, 0) is 24.6 Å². The van der Waals surface area contributed by atoms with Gasteiger partial charge >= 0.3 is 0 Å². The smallest absolute Gasteiger partial charge is 0.229 e. The van der Waals surface area contributed by atoms with Gasteiger partial charge in [-0.15, -0.1) is 0 Å². The third-order valence-electron chi connectivity index (χ3n) is 2.94. The Morgan fingerprint density at radius 2 is 2.21 bits per heavy atom. The standard InChI is InChI=1S/C13H11FN4O/c1-8-16-4-5-18(8)12-3-2-9(6-11(12)14)10-7-17-19-13(10)15/h2-7H,15H2,1H3. The number of aromatic nitrogens is 3. The SMILES string of the molecule is Cc1nccn1-c1ccc(-c2cnoc2N)cc1F. The van der Waals surface area contributed by atoms with Crippen LogP contribution in [0, 0.1) is 12.7 Å². The fourth-order valence-electron chi connectivity index (χ4n) is 1.97. The number of hydrogen-bond donors (Lipinski definition) is 1. The van der Waals surface area contributed by atoms with Crippen LogP contribution in [0.15, 0.2) is 41.3 Å². The summed E-state index contributed by atoms with van der Waals surface area (Å²) in [5.74, 6) is 0.529. The van der Waals surface area contributed by atoms with E-state index in [2.05, 4.69) is 10.1 Å². The van der Waals surface area contributed by atoms with Crippen LogP contribution in [0.25, 0.3) is 16.8 Å². The summed E-state index contributed by atoms with van der Waals surface area (Å²) in [6.45, 7) is 1.81. The highest BCUT2D eigenvalue weighted by Crippen LogP contribution is 2.28. The van der Waals surface area contributed by atoms with E-state index < -0.39 is 0 Å². The van der Waals surface area contributed by atoms with Gasteiger partial charge in [-0.2, -0.15) is 0 Å². The van der Waals surface area contributed by atoms with Crippen molar-refractivity contribution < 1.29 is 8.91 Å². The van der Waals surface area contributed by atoms with Crippen molar-refractivity contribution in [3.05, 3.63) is 48.4 Å². The minimum Gasteiger partial charge on any atom is -0.367 e. The molecule has 0 radical (unpaired) electrons. The molecule has 3 aromatic rings. The first-order valence-electron chi connectivity index (χ1n) is 5.67. The fraction of sp³-hybridized carbons (Fsp3) is 0.0769. The zero-order valence-electron chi connectivity index (χ0n) is 10.2. The van der Waals surface area contributed by atoms with Gasteiger partial charge in [0.1, 0.15) is 11.6 Å². The van der Waals surface area contributed by atoms with E-state index in [4.69, 9.17) is 10.3 Å². The maximum atomic E-state index is 14.2. The van der Waals surface area contributed by atoms with Gasteiger partial charge in [0.2, 0.25) is 5.88 Å². The van der Waals surface area contributed by atoms with Gasteiger partial charge in [-0.25, -0.2) is 9.37 Å². The first-order chi connectivity index (χ1) is 9.16. The molecule has 0 bridgehead atoms. The zero-order chi connectivity index (χ0) is 13.4. The lowest BCUT2D eigenvalue weighted by atomic mass is 10.1. The van der Waals surface area contributed by atoms with Gasteiger partial charge < -0.3 is 14.8 Å². The second-order valence-electron chi connectivity index (χ2n) is 4.11. The van der Waals surface area contributed by atoms with Crippen molar-refractivity contribution in [1.29, 1.82) is 0 Å². The third-order valence-corrected chi connectivity index (χ3v) is 2.94. The summed E-state index contributed by atoms with van der Waals surface area (Å²) >= 11 is 0. The number of halogens is 1. The Hall–Kier alpha value is -2.63. The van der Waals surface area contributed by atoms with Gasteiger partial charge in [0, 0.05) is 12.4 Å². The second-order valence-corrected chi connectivity index (χ2v) is 4.11. The Morgan fingerprint density at radius 1 is 1.37 bits per heavy atom. The number of aryl methyl sites for hydroxylation is 1. The highest BCUT2D eigenvalue weighted by Gasteiger charge is 2.12. The van der Waals surface area contributed by atoms with Crippen molar-refractivity contribution in [2.45, 2.75) is 6.92 Å². The second kappa shape index (κ2) is 4.24. The van der Waals surface area contributed by atoms with Crippen LogP contribution >= 0.6 is 0 Å². The maximum absolute atomic E-state index is 14.2. The van der Waals surface area contributed by atoms with Crippen LogP contribution in [0.4, 0.5) is 10.3 Å². The molecule has 0 saturated heterocycles. The van der Waals surface area contributed by atoms with E-state index in [0.717, 1.165) is 5.82 Å². The molecule has 2 aromatic heterocycles. The highest BCUT2D eigenvalue weighted by atomic mass is 19.1. The minimum atomic E-state index is -0.362. The van der Waals surface area contributed by atoms with Crippen molar-refractivity contribution >= 4 is 5.88 Å².